The van der Waals surface area contributed by atoms with Crippen molar-refractivity contribution in [3.05, 3.63) is 41.6 Å². The minimum atomic E-state index is 0.352. The molecule has 0 bridgehead atoms. The van der Waals surface area contributed by atoms with E-state index in [9.17, 15) is 0 Å². The van der Waals surface area contributed by atoms with E-state index in [1.807, 2.05) is 12.1 Å². The average molecular weight is 261 g/mol. The molecule has 0 saturated carbocycles. The second-order valence-electron chi connectivity index (χ2n) is 4.84. The SMILES string of the molecule is CCc1cc(CC)n(C(C)CNCc2ccco2)n1. The fourth-order valence-electron chi connectivity index (χ4n) is 2.21. The lowest BCUT2D eigenvalue weighted by atomic mass is 10.2. The van der Waals surface area contributed by atoms with Gasteiger partial charge in [-0.2, -0.15) is 5.10 Å². The maximum atomic E-state index is 5.30. The Labute approximate surface area is 114 Å². The summed E-state index contributed by atoms with van der Waals surface area (Å²) in [6.07, 6.45) is 3.72. The van der Waals surface area contributed by atoms with Crippen LogP contribution in [0.1, 0.15) is 44.0 Å². The summed E-state index contributed by atoms with van der Waals surface area (Å²) in [7, 11) is 0. The van der Waals surface area contributed by atoms with Crippen molar-refractivity contribution in [3.8, 4) is 0 Å². The van der Waals surface area contributed by atoms with Crippen molar-refractivity contribution in [3.63, 3.8) is 0 Å². The summed E-state index contributed by atoms with van der Waals surface area (Å²) in [5.41, 5.74) is 2.49. The van der Waals surface area contributed by atoms with Crippen LogP contribution >= 0.6 is 0 Å². The number of hydrogen-bond donors (Lipinski definition) is 1. The molecule has 0 amide bonds. The van der Waals surface area contributed by atoms with Crippen LogP contribution in [0.25, 0.3) is 0 Å². The molecule has 1 N–H and O–H groups in total. The Morgan fingerprint density at radius 3 is 2.84 bits per heavy atom. The van der Waals surface area contributed by atoms with E-state index in [2.05, 4.69) is 41.9 Å². The first-order chi connectivity index (χ1) is 9.24. The van der Waals surface area contributed by atoms with Gasteiger partial charge in [0.2, 0.25) is 0 Å². The summed E-state index contributed by atoms with van der Waals surface area (Å²) < 4.78 is 7.45. The molecule has 0 radical (unpaired) electrons. The van der Waals surface area contributed by atoms with Crippen LogP contribution in [0.3, 0.4) is 0 Å². The number of aromatic nitrogens is 2. The second kappa shape index (κ2) is 6.57. The lowest BCUT2D eigenvalue weighted by molar-refractivity contribution is 0.418. The summed E-state index contributed by atoms with van der Waals surface area (Å²) in [4.78, 5) is 0. The van der Waals surface area contributed by atoms with Crippen molar-refractivity contribution in [2.45, 2.75) is 46.2 Å². The molecule has 2 aromatic rings. The van der Waals surface area contributed by atoms with Crippen LogP contribution in [-0.2, 0) is 19.4 Å². The topological polar surface area (TPSA) is 43.0 Å². The number of nitrogens with one attached hydrogen (secondary N) is 1. The minimum Gasteiger partial charge on any atom is -0.468 e. The molecule has 1 atom stereocenters. The number of aryl methyl sites for hydroxylation is 2. The van der Waals surface area contributed by atoms with Gasteiger partial charge in [-0.15, -0.1) is 0 Å². The zero-order chi connectivity index (χ0) is 13.7. The third-order valence-corrected chi connectivity index (χ3v) is 3.32. The lowest BCUT2D eigenvalue weighted by Gasteiger charge is -2.15. The van der Waals surface area contributed by atoms with Crippen LogP contribution < -0.4 is 5.32 Å². The molecule has 2 rings (SSSR count). The molecule has 1 unspecified atom stereocenters. The molecule has 0 aliphatic rings. The molecule has 0 aliphatic heterocycles. The van der Waals surface area contributed by atoms with Gasteiger partial charge in [0.25, 0.3) is 0 Å². The normalized spacial score (nSPS) is 12.8. The van der Waals surface area contributed by atoms with Crippen LogP contribution in [-0.4, -0.2) is 16.3 Å². The minimum absolute atomic E-state index is 0.352. The fourth-order valence-corrected chi connectivity index (χ4v) is 2.21. The predicted molar refractivity (Wildman–Crippen MR) is 76.1 cm³/mol. The van der Waals surface area contributed by atoms with Gasteiger partial charge in [-0.1, -0.05) is 13.8 Å². The third-order valence-electron chi connectivity index (χ3n) is 3.32. The molecule has 104 valence electrons. The first-order valence-corrected chi connectivity index (χ1v) is 7.05. The van der Waals surface area contributed by atoms with Crippen LogP contribution in [0, 0.1) is 0 Å². The Bertz CT molecular complexity index is 487. The van der Waals surface area contributed by atoms with E-state index in [4.69, 9.17) is 4.42 Å². The summed E-state index contributed by atoms with van der Waals surface area (Å²) in [6.45, 7) is 8.17. The Morgan fingerprint density at radius 1 is 1.37 bits per heavy atom. The van der Waals surface area contributed by atoms with Gasteiger partial charge >= 0.3 is 0 Å². The molecule has 2 aromatic heterocycles. The van der Waals surface area contributed by atoms with E-state index in [0.717, 1.165) is 31.7 Å². The van der Waals surface area contributed by atoms with Gasteiger partial charge in [0, 0.05) is 12.2 Å². The largest absolute Gasteiger partial charge is 0.468 e. The zero-order valence-corrected chi connectivity index (χ0v) is 12.0. The summed E-state index contributed by atoms with van der Waals surface area (Å²) in [6, 6.07) is 6.46. The summed E-state index contributed by atoms with van der Waals surface area (Å²) in [5, 5.41) is 8.08. The van der Waals surface area contributed by atoms with Crippen LogP contribution in [0.2, 0.25) is 0 Å². The first kappa shape index (κ1) is 13.9. The van der Waals surface area contributed by atoms with Crippen molar-refractivity contribution in [1.82, 2.24) is 15.1 Å². The van der Waals surface area contributed by atoms with E-state index in [-0.39, 0.29) is 0 Å². The van der Waals surface area contributed by atoms with Gasteiger partial charge in [-0.3, -0.25) is 4.68 Å². The Kier molecular flexibility index (Phi) is 4.80. The highest BCUT2D eigenvalue weighted by atomic mass is 16.3. The number of furan rings is 1. The predicted octanol–water partition coefficient (Wildman–Crippen LogP) is 2.95. The molecule has 2 heterocycles. The van der Waals surface area contributed by atoms with Gasteiger partial charge in [0.15, 0.2) is 0 Å². The quantitative estimate of drug-likeness (QED) is 0.833. The van der Waals surface area contributed by atoms with E-state index in [1.54, 1.807) is 6.26 Å². The molecule has 0 spiro atoms. The molecular weight excluding hydrogens is 238 g/mol. The van der Waals surface area contributed by atoms with E-state index >= 15 is 0 Å². The maximum absolute atomic E-state index is 5.30. The summed E-state index contributed by atoms with van der Waals surface area (Å²) in [5.74, 6) is 0.970. The van der Waals surface area contributed by atoms with E-state index in [0.29, 0.717) is 6.04 Å². The van der Waals surface area contributed by atoms with Gasteiger partial charge in [0.05, 0.1) is 24.5 Å². The Morgan fingerprint density at radius 2 is 2.21 bits per heavy atom. The molecule has 4 nitrogen and oxygen atoms in total. The molecule has 19 heavy (non-hydrogen) atoms. The van der Waals surface area contributed by atoms with Crippen LogP contribution in [0.4, 0.5) is 0 Å². The number of hydrogen-bond acceptors (Lipinski definition) is 3. The molecule has 0 saturated heterocycles. The van der Waals surface area contributed by atoms with Gasteiger partial charge < -0.3 is 9.73 Å². The number of nitrogens with zero attached hydrogens (tertiary/aromatic N) is 2. The summed E-state index contributed by atoms with van der Waals surface area (Å²) >= 11 is 0. The molecule has 0 aliphatic carbocycles. The van der Waals surface area contributed by atoms with E-state index in [1.165, 1.54) is 11.4 Å². The molecule has 0 fully saturated rings. The van der Waals surface area contributed by atoms with E-state index < -0.39 is 0 Å². The fraction of sp³-hybridized carbons (Fsp3) is 0.533. The first-order valence-electron chi connectivity index (χ1n) is 7.05. The lowest BCUT2D eigenvalue weighted by Crippen LogP contribution is -2.24. The highest BCUT2D eigenvalue weighted by Gasteiger charge is 2.11. The van der Waals surface area contributed by atoms with Crippen molar-refractivity contribution in [1.29, 1.82) is 0 Å². The average Bonchev–Trinajstić information content (AvgIpc) is 3.07. The van der Waals surface area contributed by atoms with Gasteiger partial charge in [-0.05, 0) is 38.0 Å². The molecule has 4 heteroatoms. The van der Waals surface area contributed by atoms with Gasteiger partial charge in [-0.25, -0.2) is 0 Å². The van der Waals surface area contributed by atoms with Crippen molar-refractivity contribution in [2.75, 3.05) is 6.54 Å². The highest BCUT2D eigenvalue weighted by Crippen LogP contribution is 2.13. The second-order valence-corrected chi connectivity index (χ2v) is 4.84. The standard InChI is InChI=1S/C15H23N3O/c1-4-13-9-14(5-2)18(17-13)12(3)10-16-11-15-7-6-8-19-15/h6-9,12,16H,4-5,10-11H2,1-3H3. The molecular formula is C15H23N3O. The van der Waals surface area contributed by atoms with Gasteiger partial charge in [0.1, 0.15) is 5.76 Å². The number of rotatable bonds is 7. The van der Waals surface area contributed by atoms with Crippen molar-refractivity contribution >= 4 is 0 Å². The Balaban J connectivity index is 1.91. The highest BCUT2D eigenvalue weighted by molar-refractivity contribution is 5.11. The van der Waals surface area contributed by atoms with Crippen molar-refractivity contribution < 1.29 is 4.42 Å². The molecule has 0 aromatic carbocycles. The smallest absolute Gasteiger partial charge is 0.117 e. The maximum Gasteiger partial charge on any atom is 0.117 e. The van der Waals surface area contributed by atoms with Crippen LogP contribution in [0.5, 0.6) is 0 Å². The van der Waals surface area contributed by atoms with Crippen molar-refractivity contribution in [2.24, 2.45) is 0 Å². The Hall–Kier alpha value is -1.55. The van der Waals surface area contributed by atoms with Crippen LogP contribution in [0.15, 0.2) is 28.9 Å². The monoisotopic (exact) mass is 261 g/mol. The zero-order valence-electron chi connectivity index (χ0n) is 12.0. The third kappa shape index (κ3) is 3.47.